The number of ether oxygens (including phenoxy) is 1. The van der Waals surface area contributed by atoms with Crippen molar-refractivity contribution in [2.75, 3.05) is 20.2 Å². The zero-order valence-corrected chi connectivity index (χ0v) is 15.2. The Morgan fingerprint density at radius 1 is 1.16 bits per heavy atom. The molecule has 1 aromatic carbocycles. The van der Waals surface area contributed by atoms with Crippen molar-refractivity contribution in [3.05, 3.63) is 34.7 Å². The molecular formula is C19H24F2N2O2. The number of aromatic nitrogens is 1. The molecule has 25 heavy (non-hydrogen) atoms. The Morgan fingerprint density at radius 3 is 2.48 bits per heavy atom. The standard InChI is InChI=1S/C19H24F2N2O2/c1-12-13(2)17(24-4)6-5-15(12)18-22-16(14(3)25-18)11-23-9-7-19(20,21)8-10-23/h5-6H,7-11H2,1-4H3. The van der Waals surface area contributed by atoms with E-state index in [4.69, 9.17) is 9.15 Å². The van der Waals surface area contributed by atoms with Gasteiger partial charge in [-0.05, 0) is 44.0 Å². The predicted molar refractivity (Wildman–Crippen MR) is 92.2 cm³/mol. The quantitative estimate of drug-likeness (QED) is 0.813. The van der Waals surface area contributed by atoms with E-state index >= 15 is 0 Å². The van der Waals surface area contributed by atoms with Crippen LogP contribution in [0.2, 0.25) is 0 Å². The van der Waals surface area contributed by atoms with Crippen LogP contribution in [-0.2, 0) is 6.54 Å². The van der Waals surface area contributed by atoms with Crippen LogP contribution >= 0.6 is 0 Å². The molecule has 136 valence electrons. The number of halogens is 2. The van der Waals surface area contributed by atoms with Crippen molar-refractivity contribution in [2.24, 2.45) is 0 Å². The van der Waals surface area contributed by atoms with Crippen LogP contribution in [0.4, 0.5) is 8.78 Å². The summed E-state index contributed by atoms with van der Waals surface area (Å²) in [5, 5.41) is 0. The molecule has 1 saturated heterocycles. The molecule has 0 unspecified atom stereocenters. The van der Waals surface area contributed by atoms with E-state index in [0.29, 0.717) is 25.5 Å². The average molecular weight is 350 g/mol. The fraction of sp³-hybridized carbons (Fsp3) is 0.526. The Morgan fingerprint density at radius 2 is 1.84 bits per heavy atom. The van der Waals surface area contributed by atoms with E-state index in [1.54, 1.807) is 7.11 Å². The van der Waals surface area contributed by atoms with Crippen LogP contribution in [0.1, 0.15) is 35.4 Å². The van der Waals surface area contributed by atoms with Crippen LogP contribution in [0.25, 0.3) is 11.5 Å². The minimum absolute atomic E-state index is 0.0897. The molecule has 0 aliphatic carbocycles. The first-order chi connectivity index (χ1) is 11.8. The Bertz CT molecular complexity index is 761. The molecule has 0 radical (unpaired) electrons. The van der Waals surface area contributed by atoms with E-state index in [1.807, 2.05) is 37.8 Å². The van der Waals surface area contributed by atoms with Gasteiger partial charge in [-0.1, -0.05) is 0 Å². The lowest BCUT2D eigenvalue weighted by Crippen LogP contribution is -2.39. The fourth-order valence-electron chi connectivity index (χ4n) is 3.19. The first-order valence-corrected chi connectivity index (χ1v) is 8.52. The number of hydrogen-bond acceptors (Lipinski definition) is 4. The maximum Gasteiger partial charge on any atom is 0.250 e. The molecule has 2 heterocycles. The average Bonchev–Trinajstić information content (AvgIpc) is 2.92. The lowest BCUT2D eigenvalue weighted by Gasteiger charge is -2.31. The number of hydrogen-bond donors (Lipinski definition) is 0. The highest BCUT2D eigenvalue weighted by molar-refractivity contribution is 5.63. The molecule has 1 fully saturated rings. The summed E-state index contributed by atoms with van der Waals surface area (Å²) in [6.45, 7) is 7.20. The van der Waals surface area contributed by atoms with Crippen LogP contribution in [0.3, 0.4) is 0 Å². The zero-order chi connectivity index (χ0) is 18.2. The van der Waals surface area contributed by atoms with Crippen molar-refractivity contribution in [2.45, 2.75) is 46.1 Å². The molecule has 0 N–H and O–H groups in total. The molecule has 0 spiro atoms. The molecule has 1 aliphatic heterocycles. The van der Waals surface area contributed by atoms with E-state index in [2.05, 4.69) is 4.98 Å². The third kappa shape index (κ3) is 3.68. The largest absolute Gasteiger partial charge is 0.496 e. The maximum absolute atomic E-state index is 13.3. The number of benzene rings is 1. The molecule has 0 amide bonds. The Balaban J connectivity index is 1.80. The number of oxazole rings is 1. The van der Waals surface area contributed by atoms with Crippen LogP contribution in [0.5, 0.6) is 5.75 Å². The lowest BCUT2D eigenvalue weighted by atomic mass is 10.0. The first kappa shape index (κ1) is 17.9. The highest BCUT2D eigenvalue weighted by atomic mass is 19.3. The van der Waals surface area contributed by atoms with Gasteiger partial charge in [0.1, 0.15) is 11.5 Å². The minimum atomic E-state index is -2.53. The molecule has 6 heteroatoms. The van der Waals surface area contributed by atoms with Crippen molar-refractivity contribution in [1.82, 2.24) is 9.88 Å². The number of alkyl halides is 2. The summed E-state index contributed by atoms with van der Waals surface area (Å²) < 4.78 is 37.8. The van der Waals surface area contributed by atoms with Gasteiger partial charge in [-0.2, -0.15) is 0 Å². The van der Waals surface area contributed by atoms with Gasteiger partial charge >= 0.3 is 0 Å². The van der Waals surface area contributed by atoms with Crippen molar-refractivity contribution in [1.29, 1.82) is 0 Å². The summed E-state index contributed by atoms with van der Waals surface area (Å²) in [5.74, 6) is -0.393. The zero-order valence-electron chi connectivity index (χ0n) is 15.2. The number of aryl methyl sites for hydroxylation is 1. The van der Waals surface area contributed by atoms with Gasteiger partial charge < -0.3 is 9.15 Å². The van der Waals surface area contributed by atoms with E-state index in [0.717, 1.165) is 33.9 Å². The summed E-state index contributed by atoms with van der Waals surface area (Å²) in [5.41, 5.74) is 3.85. The summed E-state index contributed by atoms with van der Waals surface area (Å²) in [4.78, 5) is 6.64. The van der Waals surface area contributed by atoms with Crippen LogP contribution in [-0.4, -0.2) is 36.0 Å². The topological polar surface area (TPSA) is 38.5 Å². The number of piperidine rings is 1. The van der Waals surface area contributed by atoms with Crippen molar-refractivity contribution in [3.8, 4) is 17.2 Å². The molecule has 1 aliphatic rings. The second-order valence-corrected chi connectivity index (χ2v) is 6.72. The third-order valence-electron chi connectivity index (χ3n) is 5.04. The maximum atomic E-state index is 13.3. The van der Waals surface area contributed by atoms with Crippen molar-refractivity contribution >= 4 is 0 Å². The molecular weight excluding hydrogens is 326 g/mol. The number of nitrogens with zero attached hydrogens (tertiary/aromatic N) is 2. The summed E-state index contributed by atoms with van der Waals surface area (Å²) >= 11 is 0. The Labute approximate surface area is 146 Å². The number of likely N-dealkylation sites (tertiary alicyclic amines) is 1. The summed E-state index contributed by atoms with van der Waals surface area (Å²) in [6.07, 6.45) is -0.179. The van der Waals surface area contributed by atoms with Gasteiger partial charge in [0.15, 0.2) is 0 Å². The molecule has 4 nitrogen and oxygen atoms in total. The smallest absolute Gasteiger partial charge is 0.250 e. The Kier molecular flexibility index (Phi) is 4.82. The first-order valence-electron chi connectivity index (χ1n) is 8.52. The second-order valence-electron chi connectivity index (χ2n) is 6.72. The third-order valence-corrected chi connectivity index (χ3v) is 5.04. The van der Waals surface area contributed by atoms with Crippen molar-refractivity contribution in [3.63, 3.8) is 0 Å². The molecule has 0 atom stereocenters. The van der Waals surface area contributed by atoms with Crippen LogP contribution < -0.4 is 4.74 Å². The second kappa shape index (κ2) is 6.75. The number of methoxy groups -OCH3 is 1. The van der Waals surface area contributed by atoms with Gasteiger partial charge in [-0.15, -0.1) is 0 Å². The van der Waals surface area contributed by atoms with Gasteiger partial charge in [0.2, 0.25) is 5.89 Å². The van der Waals surface area contributed by atoms with Crippen LogP contribution in [0, 0.1) is 20.8 Å². The minimum Gasteiger partial charge on any atom is -0.496 e. The van der Waals surface area contributed by atoms with Gasteiger partial charge in [0.25, 0.3) is 5.92 Å². The lowest BCUT2D eigenvalue weighted by molar-refractivity contribution is -0.0568. The molecule has 0 saturated carbocycles. The Hall–Kier alpha value is -1.95. The monoisotopic (exact) mass is 350 g/mol. The molecule has 1 aromatic heterocycles. The van der Waals surface area contributed by atoms with Gasteiger partial charge in [0, 0.05) is 38.0 Å². The van der Waals surface area contributed by atoms with E-state index < -0.39 is 5.92 Å². The summed E-state index contributed by atoms with van der Waals surface area (Å²) in [6, 6.07) is 3.85. The highest BCUT2D eigenvalue weighted by Gasteiger charge is 2.34. The van der Waals surface area contributed by atoms with Crippen molar-refractivity contribution < 1.29 is 17.9 Å². The van der Waals surface area contributed by atoms with E-state index in [-0.39, 0.29) is 12.8 Å². The molecule has 2 aromatic rings. The van der Waals surface area contributed by atoms with E-state index in [1.165, 1.54) is 0 Å². The van der Waals surface area contributed by atoms with Gasteiger partial charge in [0.05, 0.1) is 12.8 Å². The van der Waals surface area contributed by atoms with Gasteiger partial charge in [-0.3, -0.25) is 4.90 Å². The molecule has 3 rings (SSSR count). The fourth-order valence-corrected chi connectivity index (χ4v) is 3.19. The highest BCUT2D eigenvalue weighted by Crippen LogP contribution is 2.32. The predicted octanol–water partition coefficient (Wildman–Crippen LogP) is 4.51. The normalized spacial score (nSPS) is 17.7. The van der Waals surface area contributed by atoms with Crippen LogP contribution in [0.15, 0.2) is 16.5 Å². The SMILES string of the molecule is COc1ccc(-c2nc(CN3CCC(F)(F)CC3)c(C)o2)c(C)c1C. The van der Waals surface area contributed by atoms with Gasteiger partial charge in [-0.25, -0.2) is 13.8 Å². The number of rotatable bonds is 4. The summed E-state index contributed by atoms with van der Waals surface area (Å²) in [7, 11) is 1.65. The molecule has 0 bridgehead atoms. The van der Waals surface area contributed by atoms with E-state index in [9.17, 15) is 8.78 Å².